The summed E-state index contributed by atoms with van der Waals surface area (Å²) in [6.07, 6.45) is 0. The minimum absolute atomic E-state index is 0.00827. The summed E-state index contributed by atoms with van der Waals surface area (Å²) in [5, 5.41) is 24.7. The van der Waals surface area contributed by atoms with Crippen LogP contribution in [0.3, 0.4) is 0 Å². The Morgan fingerprint density at radius 3 is 2.13 bits per heavy atom. The minimum Gasteiger partial charge on any atom is -0.433 e. The largest absolute Gasteiger partial charge is 0.476 e. The fourth-order valence-electron chi connectivity index (χ4n) is 2.26. The van der Waals surface area contributed by atoms with Gasteiger partial charge < -0.3 is 20.6 Å². The quantitative estimate of drug-likeness (QED) is 0.209. The highest BCUT2D eigenvalue weighted by Gasteiger charge is 2.37. The van der Waals surface area contributed by atoms with Crippen LogP contribution >= 0.6 is 7.82 Å². The average molecular weight is 441 g/mol. The monoisotopic (exact) mass is 441 g/mol. The summed E-state index contributed by atoms with van der Waals surface area (Å²) >= 11 is 0. The molecule has 4 N–H and O–H groups in total. The number of hydrogen-bond donors (Lipinski definition) is 4. The molecule has 9 nitrogen and oxygen atoms in total. The van der Waals surface area contributed by atoms with Crippen molar-refractivity contribution in [1.29, 1.82) is 0 Å². The molecule has 1 aromatic rings. The Kier molecular flexibility index (Phi) is 9.60. The Morgan fingerprint density at radius 1 is 1.10 bits per heavy atom. The molecule has 0 amide bonds. The maximum atomic E-state index is 13.2. The van der Waals surface area contributed by atoms with E-state index in [-0.39, 0.29) is 12.6 Å². The van der Waals surface area contributed by atoms with Crippen LogP contribution in [0.1, 0.15) is 47.1 Å². The van der Waals surface area contributed by atoms with E-state index in [2.05, 4.69) is 15.4 Å². The van der Waals surface area contributed by atoms with E-state index in [4.69, 9.17) is 13.6 Å². The van der Waals surface area contributed by atoms with E-state index in [1.54, 1.807) is 65.8 Å². The van der Waals surface area contributed by atoms with Gasteiger partial charge in [-0.15, -0.1) is 0 Å². The first-order valence-corrected chi connectivity index (χ1v) is 11.3. The van der Waals surface area contributed by atoms with Crippen molar-refractivity contribution in [3.63, 3.8) is 0 Å². The van der Waals surface area contributed by atoms with Crippen molar-refractivity contribution < 1.29 is 28.2 Å². The summed E-state index contributed by atoms with van der Waals surface area (Å²) in [7, 11) is -5.65. The molecule has 0 spiro atoms. The summed E-state index contributed by atoms with van der Waals surface area (Å²) in [6, 6.07) is 7.13. The SMILES string of the molecule is CB(O)/N=C(/NB(C)O)Nc1cccc(COP(=O)(OC(C)(C)C)OC(C)(C)C)c1. The third-order valence-corrected chi connectivity index (χ3v) is 5.00. The predicted molar refractivity (Wildman–Crippen MR) is 122 cm³/mol. The van der Waals surface area contributed by atoms with Gasteiger partial charge in [-0.05, 0) is 72.9 Å². The van der Waals surface area contributed by atoms with E-state index in [0.717, 1.165) is 0 Å². The van der Waals surface area contributed by atoms with E-state index in [1.165, 1.54) is 13.6 Å². The molecule has 0 aliphatic heterocycles. The zero-order valence-corrected chi connectivity index (χ0v) is 20.0. The number of rotatable bonds is 8. The highest BCUT2D eigenvalue weighted by molar-refractivity contribution is 7.48. The molecule has 12 heteroatoms. The molecule has 0 saturated heterocycles. The number of phosphoric acid groups is 1. The number of nitrogens with zero attached hydrogens (tertiary/aromatic N) is 1. The molecule has 0 aliphatic carbocycles. The Morgan fingerprint density at radius 2 is 1.67 bits per heavy atom. The lowest BCUT2D eigenvalue weighted by Gasteiger charge is -2.30. The van der Waals surface area contributed by atoms with E-state index >= 15 is 0 Å². The zero-order valence-electron chi connectivity index (χ0n) is 19.1. The molecule has 0 saturated carbocycles. The van der Waals surface area contributed by atoms with Gasteiger partial charge in [-0.3, -0.25) is 18.5 Å². The molecule has 0 aromatic heterocycles. The van der Waals surface area contributed by atoms with E-state index < -0.39 is 33.1 Å². The van der Waals surface area contributed by atoms with Gasteiger partial charge in [0.2, 0.25) is 0 Å². The Labute approximate surface area is 180 Å². The number of benzene rings is 1. The van der Waals surface area contributed by atoms with Gasteiger partial charge in [0.1, 0.15) is 0 Å². The van der Waals surface area contributed by atoms with Crippen LogP contribution in [0.25, 0.3) is 0 Å². The van der Waals surface area contributed by atoms with Crippen LogP contribution in [-0.4, -0.2) is 41.3 Å². The number of hydrogen-bond acceptors (Lipinski definition) is 7. The molecular weight excluding hydrogens is 407 g/mol. The molecule has 0 atom stereocenters. The topological polar surface area (TPSA) is 122 Å². The third kappa shape index (κ3) is 11.7. The number of guanidine groups is 1. The molecule has 0 aliphatic rings. The van der Waals surface area contributed by atoms with Gasteiger partial charge in [0.25, 0.3) is 0 Å². The van der Waals surface area contributed by atoms with Crippen molar-refractivity contribution in [1.82, 2.24) is 5.23 Å². The molecule has 0 bridgehead atoms. The van der Waals surface area contributed by atoms with Crippen molar-refractivity contribution in [3.8, 4) is 0 Å². The summed E-state index contributed by atoms with van der Waals surface area (Å²) < 4.78 is 30.0. The second-order valence-corrected chi connectivity index (χ2v) is 10.4. The summed E-state index contributed by atoms with van der Waals surface area (Å²) in [5.74, 6) is 0.205. The van der Waals surface area contributed by atoms with Gasteiger partial charge in [-0.2, -0.15) is 0 Å². The first kappa shape index (κ1) is 26.7. The average Bonchev–Trinajstić information content (AvgIpc) is 2.48. The molecule has 1 rings (SSSR count). The highest BCUT2D eigenvalue weighted by Crippen LogP contribution is 2.55. The molecule has 0 unspecified atom stereocenters. The maximum Gasteiger partial charge on any atom is 0.476 e. The molecule has 0 radical (unpaired) electrons. The zero-order chi connectivity index (χ0) is 23.2. The normalized spacial score (nSPS) is 13.2. The van der Waals surface area contributed by atoms with Gasteiger partial charge in [-0.1, -0.05) is 12.1 Å². The van der Waals surface area contributed by atoms with Crippen molar-refractivity contribution in [2.45, 2.75) is 73.0 Å². The van der Waals surface area contributed by atoms with Crippen molar-refractivity contribution in [3.05, 3.63) is 29.8 Å². The summed E-state index contributed by atoms with van der Waals surface area (Å²) in [6.45, 7) is 13.7. The molecule has 30 heavy (non-hydrogen) atoms. The van der Waals surface area contributed by atoms with Crippen LogP contribution in [0.4, 0.5) is 5.69 Å². The third-order valence-electron chi connectivity index (χ3n) is 3.01. The van der Waals surface area contributed by atoms with Crippen LogP contribution in [0.15, 0.2) is 29.2 Å². The maximum absolute atomic E-state index is 13.2. The fourth-order valence-corrected chi connectivity index (χ4v) is 4.05. The van der Waals surface area contributed by atoms with Gasteiger partial charge >= 0.3 is 21.9 Å². The minimum atomic E-state index is -3.83. The highest BCUT2D eigenvalue weighted by atomic mass is 31.2. The standard InChI is InChI=1S/C18H34B2N3O6P/c1-17(2,3)28-30(26,29-18(4,5)6)27-13-14-10-9-11-15(12-14)21-16(22-19(7)24)23-20(8)25/h9-12,24-25H,13H2,1-8H3,(H2,21,22,23). The molecule has 168 valence electrons. The number of anilines is 1. The van der Waals surface area contributed by atoms with E-state index in [1.807, 2.05) is 0 Å². The molecule has 0 fully saturated rings. The lowest BCUT2D eigenvalue weighted by Crippen LogP contribution is -2.41. The Hall–Kier alpha value is -1.35. The van der Waals surface area contributed by atoms with Crippen LogP contribution in [0, 0.1) is 0 Å². The summed E-state index contributed by atoms with van der Waals surface area (Å²) in [4.78, 5) is 3.98. The van der Waals surface area contributed by atoms with Crippen LogP contribution in [0.2, 0.25) is 13.6 Å². The van der Waals surface area contributed by atoms with E-state index in [0.29, 0.717) is 11.3 Å². The van der Waals surface area contributed by atoms with Gasteiger partial charge in [0.05, 0.1) is 17.8 Å². The van der Waals surface area contributed by atoms with Gasteiger partial charge in [-0.25, -0.2) is 4.57 Å². The first-order chi connectivity index (χ1) is 13.6. The van der Waals surface area contributed by atoms with Gasteiger partial charge in [0.15, 0.2) is 5.96 Å². The Balaban J connectivity index is 2.96. The summed E-state index contributed by atoms with van der Waals surface area (Å²) in [5.41, 5.74) is -0.0949. The predicted octanol–water partition coefficient (Wildman–Crippen LogP) is 3.52. The van der Waals surface area contributed by atoms with Crippen LogP contribution in [-0.2, 0) is 24.7 Å². The Bertz CT molecular complexity index is 743. The van der Waals surface area contributed by atoms with Crippen LogP contribution < -0.4 is 10.5 Å². The smallest absolute Gasteiger partial charge is 0.433 e. The lowest BCUT2D eigenvalue weighted by atomic mass is 9.88. The van der Waals surface area contributed by atoms with Crippen molar-refractivity contribution in [2.24, 2.45) is 4.90 Å². The lowest BCUT2D eigenvalue weighted by molar-refractivity contribution is 0.000848. The van der Waals surface area contributed by atoms with Crippen LogP contribution in [0.5, 0.6) is 0 Å². The van der Waals surface area contributed by atoms with Crippen molar-refractivity contribution >= 4 is 33.6 Å². The number of nitrogens with one attached hydrogen (secondary N) is 2. The van der Waals surface area contributed by atoms with Crippen molar-refractivity contribution in [2.75, 3.05) is 5.32 Å². The number of phosphoric ester groups is 1. The molecule has 0 heterocycles. The second kappa shape index (κ2) is 10.8. The molecular formula is C18H34B2N3O6P. The van der Waals surface area contributed by atoms with Gasteiger partial charge in [0, 0.05) is 5.69 Å². The fraction of sp³-hybridized carbons (Fsp3) is 0.611. The molecule has 1 aromatic carbocycles. The van der Waals surface area contributed by atoms with E-state index in [9.17, 15) is 14.6 Å². The first-order valence-electron chi connectivity index (χ1n) is 9.79. The second-order valence-electron chi connectivity index (χ2n) is 8.88.